The van der Waals surface area contributed by atoms with Gasteiger partial charge in [0.25, 0.3) is 0 Å². The van der Waals surface area contributed by atoms with Crippen LogP contribution in [-0.2, 0) is 17.8 Å². The van der Waals surface area contributed by atoms with Crippen molar-refractivity contribution in [2.45, 2.75) is 31.8 Å². The first-order valence-electron chi connectivity index (χ1n) is 8.38. The molecule has 2 N–H and O–H groups in total. The van der Waals surface area contributed by atoms with Crippen molar-refractivity contribution in [3.63, 3.8) is 0 Å². The number of nitrogens with one attached hydrogen (secondary N) is 1. The zero-order valence-corrected chi connectivity index (χ0v) is 13.7. The highest BCUT2D eigenvalue weighted by Gasteiger charge is 2.21. The highest BCUT2D eigenvalue weighted by Crippen LogP contribution is 2.17. The van der Waals surface area contributed by atoms with Crippen LogP contribution in [0, 0.1) is 0 Å². The highest BCUT2D eigenvalue weighted by atomic mass is 16.3. The molecule has 1 aliphatic heterocycles. The van der Waals surface area contributed by atoms with Crippen LogP contribution in [0.4, 0.5) is 0 Å². The van der Waals surface area contributed by atoms with Gasteiger partial charge in [-0.2, -0.15) is 0 Å². The number of piperidine rings is 1. The topological polar surface area (TPSA) is 65.5 Å². The van der Waals surface area contributed by atoms with Crippen molar-refractivity contribution in [1.82, 2.24) is 15.2 Å². The fourth-order valence-corrected chi connectivity index (χ4v) is 3.09. The third-order valence-electron chi connectivity index (χ3n) is 4.45. The number of benzene rings is 1. The van der Waals surface area contributed by atoms with E-state index in [1.165, 1.54) is 5.56 Å². The summed E-state index contributed by atoms with van der Waals surface area (Å²) in [6.45, 7) is 2.88. The second-order valence-corrected chi connectivity index (χ2v) is 6.28. The van der Waals surface area contributed by atoms with E-state index >= 15 is 0 Å². The minimum absolute atomic E-state index is 0.0240. The number of phenols is 1. The van der Waals surface area contributed by atoms with E-state index < -0.39 is 0 Å². The smallest absolute Gasteiger partial charge is 0.224 e. The lowest BCUT2D eigenvalue weighted by Crippen LogP contribution is -2.44. The van der Waals surface area contributed by atoms with Crippen LogP contribution in [0.25, 0.3) is 0 Å². The number of aromatic nitrogens is 1. The van der Waals surface area contributed by atoms with Gasteiger partial charge >= 0.3 is 0 Å². The van der Waals surface area contributed by atoms with Crippen molar-refractivity contribution in [2.75, 3.05) is 13.1 Å². The first-order valence-corrected chi connectivity index (χ1v) is 8.38. The minimum atomic E-state index is -0.0240. The maximum atomic E-state index is 12.2. The van der Waals surface area contributed by atoms with Gasteiger partial charge in [-0.25, -0.2) is 0 Å². The number of carbonyl (C=O) groups excluding carboxylic acids is 1. The predicted molar refractivity (Wildman–Crippen MR) is 92.5 cm³/mol. The van der Waals surface area contributed by atoms with E-state index in [-0.39, 0.29) is 24.1 Å². The van der Waals surface area contributed by atoms with E-state index in [1.54, 1.807) is 18.2 Å². The van der Waals surface area contributed by atoms with Gasteiger partial charge in [-0.1, -0.05) is 18.2 Å². The molecule has 1 aromatic carbocycles. The van der Waals surface area contributed by atoms with Gasteiger partial charge < -0.3 is 10.4 Å². The molecule has 1 aliphatic rings. The predicted octanol–water partition coefficient (Wildman–Crippen LogP) is 2.11. The van der Waals surface area contributed by atoms with E-state index in [2.05, 4.69) is 15.2 Å². The SMILES string of the molecule is O=C(Cc1ccccc1O)NC1CCN(Cc2ccncc2)CC1. The average molecular weight is 325 g/mol. The molecule has 1 aromatic heterocycles. The standard InChI is InChI=1S/C19H23N3O2/c23-18-4-2-1-3-16(18)13-19(24)21-17-7-11-22(12-8-17)14-15-5-9-20-10-6-15/h1-6,9-10,17,23H,7-8,11-14H2,(H,21,24). The lowest BCUT2D eigenvalue weighted by Gasteiger charge is -2.32. The Hall–Kier alpha value is -2.40. The van der Waals surface area contributed by atoms with Crippen LogP contribution < -0.4 is 5.32 Å². The van der Waals surface area contributed by atoms with Crippen LogP contribution in [0.15, 0.2) is 48.8 Å². The van der Waals surface area contributed by atoms with E-state index in [0.717, 1.165) is 32.5 Å². The highest BCUT2D eigenvalue weighted by molar-refractivity contribution is 5.79. The molecule has 5 nitrogen and oxygen atoms in total. The maximum absolute atomic E-state index is 12.2. The van der Waals surface area contributed by atoms with Crippen LogP contribution in [0.5, 0.6) is 5.75 Å². The number of phenolic OH excluding ortho intramolecular Hbond substituents is 1. The Kier molecular flexibility index (Phi) is 5.43. The van der Waals surface area contributed by atoms with Crippen LogP contribution in [0.2, 0.25) is 0 Å². The summed E-state index contributed by atoms with van der Waals surface area (Å²) in [7, 11) is 0. The third-order valence-corrected chi connectivity index (χ3v) is 4.45. The number of amides is 1. The minimum Gasteiger partial charge on any atom is -0.508 e. The van der Waals surface area contributed by atoms with E-state index in [1.807, 2.05) is 30.6 Å². The van der Waals surface area contributed by atoms with Crippen LogP contribution in [0.1, 0.15) is 24.0 Å². The van der Waals surface area contributed by atoms with Crippen molar-refractivity contribution >= 4 is 5.91 Å². The van der Waals surface area contributed by atoms with Crippen LogP contribution in [0.3, 0.4) is 0 Å². The lowest BCUT2D eigenvalue weighted by molar-refractivity contribution is -0.121. The Morgan fingerprint density at radius 2 is 1.88 bits per heavy atom. The molecule has 2 heterocycles. The van der Waals surface area contributed by atoms with Gasteiger partial charge in [-0.3, -0.25) is 14.7 Å². The van der Waals surface area contributed by atoms with Crippen LogP contribution in [-0.4, -0.2) is 40.0 Å². The summed E-state index contributed by atoms with van der Waals surface area (Å²) in [5, 5.41) is 12.8. The number of para-hydroxylation sites is 1. The summed E-state index contributed by atoms with van der Waals surface area (Å²) in [5.41, 5.74) is 1.94. The summed E-state index contributed by atoms with van der Waals surface area (Å²) in [6.07, 6.45) is 5.78. The molecule has 2 aromatic rings. The number of aromatic hydroxyl groups is 1. The summed E-state index contributed by atoms with van der Waals surface area (Å²) in [4.78, 5) is 18.6. The Morgan fingerprint density at radius 1 is 1.17 bits per heavy atom. The first-order chi connectivity index (χ1) is 11.7. The molecule has 126 valence electrons. The summed E-state index contributed by atoms with van der Waals surface area (Å²) < 4.78 is 0. The molecule has 0 atom stereocenters. The normalized spacial score (nSPS) is 16.0. The fraction of sp³-hybridized carbons (Fsp3) is 0.368. The van der Waals surface area contributed by atoms with Crippen molar-refractivity contribution in [3.8, 4) is 5.75 Å². The van der Waals surface area contributed by atoms with E-state index in [9.17, 15) is 9.90 Å². The Bertz CT molecular complexity index is 667. The largest absolute Gasteiger partial charge is 0.508 e. The molecule has 0 bridgehead atoms. The monoisotopic (exact) mass is 325 g/mol. The number of rotatable bonds is 5. The molecule has 24 heavy (non-hydrogen) atoms. The van der Waals surface area contributed by atoms with Crippen molar-refractivity contribution in [2.24, 2.45) is 0 Å². The van der Waals surface area contributed by atoms with Crippen molar-refractivity contribution < 1.29 is 9.90 Å². The number of hydrogen-bond acceptors (Lipinski definition) is 4. The van der Waals surface area contributed by atoms with Gasteiger partial charge in [0.2, 0.25) is 5.91 Å². The van der Waals surface area contributed by atoms with Crippen molar-refractivity contribution in [1.29, 1.82) is 0 Å². The molecule has 0 saturated carbocycles. The second kappa shape index (κ2) is 7.93. The van der Waals surface area contributed by atoms with Crippen molar-refractivity contribution in [3.05, 3.63) is 59.9 Å². The van der Waals surface area contributed by atoms with Crippen LogP contribution >= 0.6 is 0 Å². The number of pyridine rings is 1. The molecule has 1 saturated heterocycles. The first kappa shape index (κ1) is 16.5. The van der Waals surface area contributed by atoms with Gasteiger partial charge in [-0.15, -0.1) is 0 Å². The molecule has 0 aliphatic carbocycles. The second-order valence-electron chi connectivity index (χ2n) is 6.28. The molecule has 0 unspecified atom stereocenters. The van der Waals surface area contributed by atoms with Gasteiger partial charge in [0, 0.05) is 43.6 Å². The summed E-state index contributed by atoms with van der Waals surface area (Å²) >= 11 is 0. The Morgan fingerprint density at radius 3 is 2.58 bits per heavy atom. The summed E-state index contributed by atoms with van der Waals surface area (Å²) in [5.74, 6) is 0.156. The Labute approximate surface area is 142 Å². The molecule has 5 heteroatoms. The van der Waals surface area contributed by atoms with Gasteiger partial charge in [0.05, 0.1) is 6.42 Å². The lowest BCUT2D eigenvalue weighted by atomic mass is 10.0. The molecule has 3 rings (SSSR count). The molecule has 1 fully saturated rings. The zero-order valence-electron chi connectivity index (χ0n) is 13.7. The molecular weight excluding hydrogens is 302 g/mol. The van der Waals surface area contributed by atoms with Gasteiger partial charge in [0.1, 0.15) is 5.75 Å². The average Bonchev–Trinajstić information content (AvgIpc) is 2.60. The Balaban J connectivity index is 1.43. The molecule has 0 radical (unpaired) electrons. The van der Waals surface area contributed by atoms with E-state index in [4.69, 9.17) is 0 Å². The fourth-order valence-electron chi connectivity index (χ4n) is 3.09. The number of hydrogen-bond donors (Lipinski definition) is 2. The third kappa shape index (κ3) is 4.55. The maximum Gasteiger partial charge on any atom is 0.224 e. The molecule has 0 spiro atoms. The molecular formula is C19H23N3O2. The van der Waals surface area contributed by atoms with Gasteiger partial charge in [-0.05, 0) is 36.6 Å². The number of carbonyl (C=O) groups is 1. The van der Waals surface area contributed by atoms with Gasteiger partial charge in [0.15, 0.2) is 0 Å². The number of nitrogens with zero attached hydrogens (tertiary/aromatic N) is 2. The summed E-state index contributed by atoms with van der Waals surface area (Å²) in [6, 6.07) is 11.3. The quantitative estimate of drug-likeness (QED) is 0.884. The zero-order chi connectivity index (χ0) is 16.8. The number of likely N-dealkylation sites (tertiary alicyclic amines) is 1. The molecule has 1 amide bonds. The van der Waals surface area contributed by atoms with E-state index in [0.29, 0.717) is 5.56 Å².